The van der Waals surface area contributed by atoms with Crippen LogP contribution in [0, 0.1) is 0 Å². The van der Waals surface area contributed by atoms with Crippen LogP contribution in [0.25, 0.3) is 0 Å². The molecule has 0 amide bonds. The van der Waals surface area contributed by atoms with Gasteiger partial charge in [-0.25, -0.2) is 9.97 Å². The molecule has 1 aromatic rings. The summed E-state index contributed by atoms with van der Waals surface area (Å²) in [4.78, 5) is 8.66. The molecule has 0 aliphatic rings. The molecule has 2 N–H and O–H groups in total. The molecule has 16 heavy (non-hydrogen) atoms. The van der Waals surface area contributed by atoms with E-state index in [1.165, 1.54) is 11.8 Å². The van der Waals surface area contributed by atoms with E-state index < -0.39 is 0 Å². The molecular formula is C10H18N4OS. The highest BCUT2D eigenvalue weighted by atomic mass is 32.2. The summed E-state index contributed by atoms with van der Waals surface area (Å²) in [5.74, 6) is 1.62. The molecule has 0 spiro atoms. The van der Waals surface area contributed by atoms with E-state index in [0.717, 1.165) is 16.8 Å². The first kappa shape index (κ1) is 13.1. The Hall–Kier alpha value is -1.01. The number of rotatable bonds is 6. The summed E-state index contributed by atoms with van der Waals surface area (Å²) in [6.07, 6.45) is 1.96. The third-order valence-electron chi connectivity index (χ3n) is 1.96. The average molecular weight is 242 g/mol. The Bertz CT molecular complexity index is 312. The number of aromatic nitrogens is 2. The van der Waals surface area contributed by atoms with Crippen molar-refractivity contribution in [1.82, 2.24) is 9.97 Å². The molecular weight excluding hydrogens is 224 g/mol. The SMILES string of the molecule is CNc1cc(NC(C)COC)nc(SC)n1. The Morgan fingerprint density at radius 2 is 2.12 bits per heavy atom. The van der Waals surface area contributed by atoms with Crippen molar-refractivity contribution in [2.45, 2.75) is 18.1 Å². The van der Waals surface area contributed by atoms with Crippen molar-refractivity contribution in [1.29, 1.82) is 0 Å². The van der Waals surface area contributed by atoms with Crippen LogP contribution in [0.1, 0.15) is 6.92 Å². The van der Waals surface area contributed by atoms with Crippen molar-refractivity contribution in [3.05, 3.63) is 6.07 Å². The molecule has 0 aliphatic heterocycles. The van der Waals surface area contributed by atoms with Gasteiger partial charge in [0.1, 0.15) is 11.6 Å². The Kier molecular flexibility index (Phi) is 5.34. The number of methoxy groups -OCH3 is 1. The monoisotopic (exact) mass is 242 g/mol. The maximum atomic E-state index is 5.06. The van der Waals surface area contributed by atoms with Gasteiger partial charge in [0.05, 0.1) is 6.61 Å². The van der Waals surface area contributed by atoms with E-state index in [1.807, 2.05) is 26.3 Å². The molecule has 1 rings (SSSR count). The van der Waals surface area contributed by atoms with Crippen LogP contribution in [0.3, 0.4) is 0 Å². The Labute approximate surface area is 100 Å². The van der Waals surface area contributed by atoms with Gasteiger partial charge in [-0.2, -0.15) is 0 Å². The Morgan fingerprint density at radius 1 is 1.44 bits per heavy atom. The highest BCUT2D eigenvalue weighted by Gasteiger charge is 2.06. The smallest absolute Gasteiger partial charge is 0.191 e. The van der Waals surface area contributed by atoms with E-state index in [0.29, 0.717) is 6.61 Å². The van der Waals surface area contributed by atoms with Gasteiger partial charge in [0.15, 0.2) is 5.16 Å². The Balaban J connectivity index is 2.78. The third kappa shape index (κ3) is 3.86. The third-order valence-corrected chi connectivity index (χ3v) is 2.50. The molecule has 0 saturated carbocycles. The van der Waals surface area contributed by atoms with Gasteiger partial charge >= 0.3 is 0 Å². The minimum absolute atomic E-state index is 0.222. The first-order valence-electron chi connectivity index (χ1n) is 5.06. The topological polar surface area (TPSA) is 59.1 Å². The molecule has 5 nitrogen and oxygen atoms in total. The zero-order valence-corrected chi connectivity index (χ0v) is 10.9. The van der Waals surface area contributed by atoms with E-state index >= 15 is 0 Å². The van der Waals surface area contributed by atoms with Crippen molar-refractivity contribution >= 4 is 23.4 Å². The summed E-state index contributed by atoms with van der Waals surface area (Å²) in [7, 11) is 3.53. The minimum Gasteiger partial charge on any atom is -0.383 e. The van der Waals surface area contributed by atoms with Gasteiger partial charge in [0, 0.05) is 26.3 Å². The van der Waals surface area contributed by atoms with Gasteiger partial charge in [-0.3, -0.25) is 0 Å². The van der Waals surface area contributed by atoms with Crippen LogP contribution in [-0.4, -0.2) is 43.0 Å². The van der Waals surface area contributed by atoms with E-state index in [-0.39, 0.29) is 6.04 Å². The quantitative estimate of drug-likeness (QED) is 0.585. The van der Waals surface area contributed by atoms with Crippen molar-refractivity contribution in [3.8, 4) is 0 Å². The van der Waals surface area contributed by atoms with E-state index in [4.69, 9.17) is 4.74 Å². The summed E-state index contributed by atoms with van der Waals surface area (Å²) < 4.78 is 5.06. The lowest BCUT2D eigenvalue weighted by Gasteiger charge is -2.14. The second-order valence-electron chi connectivity index (χ2n) is 3.38. The van der Waals surface area contributed by atoms with Crippen LogP contribution < -0.4 is 10.6 Å². The molecule has 90 valence electrons. The predicted octanol–water partition coefficient (Wildman–Crippen LogP) is 1.69. The molecule has 1 heterocycles. The standard InChI is InChI=1S/C10H18N4OS/c1-7(6-15-3)12-9-5-8(11-2)13-10(14-9)16-4/h5,7H,6H2,1-4H3,(H2,11,12,13,14). The summed E-state index contributed by atoms with van der Waals surface area (Å²) in [5.41, 5.74) is 0. The van der Waals surface area contributed by atoms with E-state index in [2.05, 4.69) is 20.6 Å². The number of ether oxygens (including phenoxy) is 1. The number of nitrogens with zero attached hydrogens (tertiary/aromatic N) is 2. The van der Waals surface area contributed by atoms with E-state index in [9.17, 15) is 0 Å². The lowest BCUT2D eigenvalue weighted by atomic mass is 10.3. The first-order chi connectivity index (χ1) is 7.69. The molecule has 1 aromatic heterocycles. The zero-order valence-electron chi connectivity index (χ0n) is 10.1. The Morgan fingerprint density at radius 3 is 2.69 bits per heavy atom. The first-order valence-corrected chi connectivity index (χ1v) is 6.28. The number of hydrogen-bond acceptors (Lipinski definition) is 6. The summed E-state index contributed by atoms with van der Waals surface area (Å²) in [5, 5.41) is 7.02. The molecule has 0 radical (unpaired) electrons. The van der Waals surface area contributed by atoms with Crippen LogP contribution in [0.4, 0.5) is 11.6 Å². The molecule has 0 bridgehead atoms. The number of thioether (sulfide) groups is 1. The molecule has 6 heteroatoms. The largest absolute Gasteiger partial charge is 0.383 e. The van der Waals surface area contributed by atoms with E-state index in [1.54, 1.807) is 7.11 Å². The second-order valence-corrected chi connectivity index (χ2v) is 4.15. The summed E-state index contributed by atoms with van der Waals surface area (Å²) in [6.45, 7) is 2.69. The maximum Gasteiger partial charge on any atom is 0.191 e. The number of anilines is 2. The van der Waals surface area contributed by atoms with Crippen molar-refractivity contribution in [2.75, 3.05) is 37.7 Å². The normalized spacial score (nSPS) is 12.2. The van der Waals surface area contributed by atoms with Gasteiger partial charge in [-0.1, -0.05) is 11.8 Å². The lowest BCUT2D eigenvalue weighted by molar-refractivity contribution is 0.190. The minimum atomic E-state index is 0.222. The van der Waals surface area contributed by atoms with Crippen LogP contribution >= 0.6 is 11.8 Å². The molecule has 0 fully saturated rings. The molecule has 1 atom stereocenters. The number of hydrogen-bond donors (Lipinski definition) is 2. The fraction of sp³-hybridized carbons (Fsp3) is 0.600. The molecule has 1 unspecified atom stereocenters. The highest BCUT2D eigenvalue weighted by molar-refractivity contribution is 7.98. The fourth-order valence-electron chi connectivity index (χ4n) is 1.26. The molecule has 0 saturated heterocycles. The summed E-state index contributed by atoms with van der Waals surface area (Å²) in [6, 6.07) is 2.10. The van der Waals surface area contributed by atoms with Gasteiger partial charge in [0.2, 0.25) is 0 Å². The van der Waals surface area contributed by atoms with Crippen molar-refractivity contribution < 1.29 is 4.74 Å². The number of nitrogens with one attached hydrogen (secondary N) is 2. The second kappa shape index (κ2) is 6.55. The predicted molar refractivity (Wildman–Crippen MR) is 68.3 cm³/mol. The van der Waals surface area contributed by atoms with Crippen LogP contribution in [0.5, 0.6) is 0 Å². The summed E-state index contributed by atoms with van der Waals surface area (Å²) >= 11 is 1.52. The van der Waals surface area contributed by atoms with Gasteiger partial charge < -0.3 is 15.4 Å². The van der Waals surface area contributed by atoms with Gasteiger partial charge in [-0.05, 0) is 13.2 Å². The van der Waals surface area contributed by atoms with Gasteiger partial charge in [0.25, 0.3) is 0 Å². The molecule has 0 aliphatic carbocycles. The van der Waals surface area contributed by atoms with Gasteiger partial charge in [-0.15, -0.1) is 0 Å². The van der Waals surface area contributed by atoms with Crippen molar-refractivity contribution in [3.63, 3.8) is 0 Å². The lowest BCUT2D eigenvalue weighted by Crippen LogP contribution is -2.21. The van der Waals surface area contributed by atoms with Crippen LogP contribution in [-0.2, 0) is 4.74 Å². The maximum absolute atomic E-state index is 5.06. The zero-order chi connectivity index (χ0) is 12.0. The highest BCUT2D eigenvalue weighted by Crippen LogP contribution is 2.17. The average Bonchev–Trinajstić information content (AvgIpc) is 2.28. The van der Waals surface area contributed by atoms with Crippen LogP contribution in [0.2, 0.25) is 0 Å². The van der Waals surface area contributed by atoms with Crippen LogP contribution in [0.15, 0.2) is 11.2 Å². The molecule has 0 aromatic carbocycles. The fourth-order valence-corrected chi connectivity index (χ4v) is 1.64. The van der Waals surface area contributed by atoms with Crippen molar-refractivity contribution in [2.24, 2.45) is 0 Å².